The molecule has 0 aromatic heterocycles. The Kier molecular flexibility index (Phi) is 6.33. The Morgan fingerprint density at radius 2 is 1.87 bits per heavy atom. The van der Waals surface area contributed by atoms with Crippen LogP contribution in [0.2, 0.25) is 0 Å². The molecule has 31 heavy (non-hydrogen) atoms. The minimum Gasteiger partial charge on any atom is -0.494 e. The van der Waals surface area contributed by atoms with E-state index in [1.54, 1.807) is 42.5 Å². The molecule has 1 N–H and O–H groups in total. The molecule has 2 aromatic rings. The van der Waals surface area contributed by atoms with E-state index in [1.807, 2.05) is 6.92 Å². The summed E-state index contributed by atoms with van der Waals surface area (Å²) in [4.78, 5) is 13.0. The van der Waals surface area contributed by atoms with Crippen molar-refractivity contribution in [1.29, 1.82) is 0 Å². The van der Waals surface area contributed by atoms with Gasteiger partial charge in [-0.1, -0.05) is 0 Å². The number of anilines is 1. The second-order valence-corrected chi connectivity index (χ2v) is 9.39. The summed E-state index contributed by atoms with van der Waals surface area (Å²) in [6, 6.07) is 11.6. The molecule has 166 valence electrons. The van der Waals surface area contributed by atoms with Crippen molar-refractivity contribution >= 4 is 21.6 Å². The molecule has 4 rings (SSSR count). The van der Waals surface area contributed by atoms with E-state index in [-0.39, 0.29) is 17.3 Å². The van der Waals surface area contributed by atoms with E-state index < -0.39 is 15.9 Å². The van der Waals surface area contributed by atoms with E-state index >= 15 is 0 Å². The van der Waals surface area contributed by atoms with E-state index in [9.17, 15) is 13.2 Å². The number of hydrogen-bond donors (Lipinski definition) is 1. The summed E-state index contributed by atoms with van der Waals surface area (Å²) in [5.74, 6) is 1.22. The molecule has 0 spiro atoms. The van der Waals surface area contributed by atoms with Crippen molar-refractivity contribution in [3.63, 3.8) is 0 Å². The largest absolute Gasteiger partial charge is 0.494 e. The van der Waals surface area contributed by atoms with Gasteiger partial charge in [0, 0.05) is 24.8 Å². The number of amides is 1. The number of nitrogens with one attached hydrogen (secondary N) is 1. The summed E-state index contributed by atoms with van der Waals surface area (Å²) in [6.45, 7) is 3.88. The molecule has 0 saturated carbocycles. The summed E-state index contributed by atoms with van der Waals surface area (Å²) >= 11 is 0. The van der Waals surface area contributed by atoms with Gasteiger partial charge in [-0.25, -0.2) is 8.42 Å². The lowest BCUT2D eigenvalue weighted by atomic mass is 9.98. The zero-order valence-corrected chi connectivity index (χ0v) is 18.2. The zero-order valence-electron chi connectivity index (χ0n) is 17.4. The fraction of sp³-hybridized carbons (Fsp3) is 0.409. The topological polar surface area (TPSA) is 94.2 Å². The standard InChI is InChI=1S/C22H26N2O6S/c1-2-28-18-6-8-19(9-7-18)31(26,27)24-11-3-4-16(15-24)22(25)23-17-5-10-20-21(14-17)30-13-12-29-20/h5-10,14,16H,2-4,11-13,15H2,1H3,(H,23,25)/t16-/m0/s1. The van der Waals surface area contributed by atoms with Crippen LogP contribution >= 0.6 is 0 Å². The Hall–Kier alpha value is -2.78. The number of piperidine rings is 1. The van der Waals surface area contributed by atoms with Gasteiger partial charge < -0.3 is 19.5 Å². The fourth-order valence-corrected chi connectivity index (χ4v) is 5.29. The minimum atomic E-state index is -3.68. The average molecular weight is 447 g/mol. The lowest BCUT2D eigenvalue weighted by Crippen LogP contribution is -2.43. The number of hydrogen-bond acceptors (Lipinski definition) is 6. The van der Waals surface area contributed by atoms with Gasteiger partial charge in [-0.15, -0.1) is 0 Å². The number of nitrogens with zero attached hydrogens (tertiary/aromatic N) is 1. The highest BCUT2D eigenvalue weighted by Gasteiger charge is 2.33. The third kappa shape index (κ3) is 4.77. The summed E-state index contributed by atoms with van der Waals surface area (Å²) < 4.78 is 44.0. The van der Waals surface area contributed by atoms with E-state index in [4.69, 9.17) is 14.2 Å². The number of fused-ring (bicyclic) bond motifs is 1. The van der Waals surface area contributed by atoms with Gasteiger partial charge in [-0.2, -0.15) is 4.31 Å². The third-order valence-electron chi connectivity index (χ3n) is 5.34. The average Bonchev–Trinajstić information content (AvgIpc) is 2.79. The molecule has 1 fully saturated rings. The van der Waals surface area contributed by atoms with Gasteiger partial charge in [0.25, 0.3) is 0 Å². The molecule has 9 heteroatoms. The molecule has 2 aromatic carbocycles. The van der Waals surface area contributed by atoms with Crippen LogP contribution in [0.3, 0.4) is 0 Å². The number of carbonyl (C=O) groups excluding carboxylic acids is 1. The van der Waals surface area contributed by atoms with Crippen molar-refractivity contribution < 1.29 is 27.4 Å². The van der Waals surface area contributed by atoms with E-state index in [1.165, 1.54) is 4.31 Å². The smallest absolute Gasteiger partial charge is 0.243 e. The Labute approximate surface area is 182 Å². The first-order valence-corrected chi connectivity index (χ1v) is 11.8. The van der Waals surface area contributed by atoms with Gasteiger partial charge in [0.1, 0.15) is 19.0 Å². The Morgan fingerprint density at radius 1 is 1.13 bits per heavy atom. The van der Waals surface area contributed by atoms with Gasteiger partial charge >= 0.3 is 0 Å². The number of carbonyl (C=O) groups is 1. The fourth-order valence-electron chi connectivity index (χ4n) is 3.76. The molecule has 2 aliphatic rings. The van der Waals surface area contributed by atoms with E-state index in [0.29, 0.717) is 62.1 Å². The highest BCUT2D eigenvalue weighted by atomic mass is 32.2. The van der Waals surface area contributed by atoms with Gasteiger partial charge in [0.2, 0.25) is 15.9 Å². The minimum absolute atomic E-state index is 0.145. The van der Waals surface area contributed by atoms with Crippen LogP contribution in [-0.4, -0.2) is 51.5 Å². The summed E-state index contributed by atoms with van der Waals surface area (Å²) in [6.07, 6.45) is 1.25. The normalized spacial score (nSPS) is 18.9. The highest BCUT2D eigenvalue weighted by Crippen LogP contribution is 2.33. The zero-order chi connectivity index (χ0) is 21.8. The maximum Gasteiger partial charge on any atom is 0.243 e. The summed E-state index contributed by atoms with van der Waals surface area (Å²) in [7, 11) is -3.68. The molecular formula is C22H26N2O6S. The van der Waals surface area contributed by atoms with Crippen molar-refractivity contribution in [2.24, 2.45) is 5.92 Å². The number of sulfonamides is 1. The number of benzene rings is 2. The molecule has 2 aliphatic heterocycles. The summed E-state index contributed by atoms with van der Waals surface area (Å²) in [5, 5.41) is 2.88. The SMILES string of the molecule is CCOc1ccc(S(=O)(=O)N2CCC[C@H](C(=O)Nc3ccc4c(c3)OCCO4)C2)cc1. The number of ether oxygens (including phenoxy) is 3. The van der Waals surface area contributed by atoms with Crippen molar-refractivity contribution in [1.82, 2.24) is 4.31 Å². The monoisotopic (exact) mass is 446 g/mol. The first-order chi connectivity index (χ1) is 15.0. The van der Waals surface area contributed by atoms with Crippen molar-refractivity contribution in [2.45, 2.75) is 24.7 Å². The molecule has 1 amide bonds. The molecule has 8 nitrogen and oxygen atoms in total. The van der Waals surface area contributed by atoms with Crippen LogP contribution in [0.1, 0.15) is 19.8 Å². The predicted octanol–water partition coefficient (Wildman–Crippen LogP) is 2.90. The number of rotatable bonds is 6. The van der Waals surface area contributed by atoms with Crippen LogP contribution in [0.5, 0.6) is 17.2 Å². The van der Waals surface area contributed by atoms with Crippen LogP contribution < -0.4 is 19.5 Å². The summed E-state index contributed by atoms with van der Waals surface area (Å²) in [5.41, 5.74) is 0.598. The van der Waals surface area contributed by atoms with Crippen LogP contribution in [0.25, 0.3) is 0 Å². The van der Waals surface area contributed by atoms with Crippen LogP contribution in [0, 0.1) is 5.92 Å². The van der Waals surface area contributed by atoms with Gasteiger partial charge in [0.05, 0.1) is 17.4 Å². The van der Waals surface area contributed by atoms with Gasteiger partial charge in [-0.05, 0) is 56.2 Å². The highest BCUT2D eigenvalue weighted by molar-refractivity contribution is 7.89. The van der Waals surface area contributed by atoms with Crippen LogP contribution in [-0.2, 0) is 14.8 Å². The first-order valence-electron chi connectivity index (χ1n) is 10.4. The van der Waals surface area contributed by atoms with Gasteiger partial charge in [0.15, 0.2) is 11.5 Å². The molecule has 0 radical (unpaired) electrons. The maximum atomic E-state index is 13.1. The lowest BCUT2D eigenvalue weighted by molar-refractivity contribution is -0.120. The Balaban J connectivity index is 1.43. The van der Waals surface area contributed by atoms with Crippen LogP contribution in [0.4, 0.5) is 5.69 Å². The van der Waals surface area contributed by atoms with Gasteiger partial charge in [-0.3, -0.25) is 4.79 Å². The van der Waals surface area contributed by atoms with Crippen molar-refractivity contribution in [3.8, 4) is 17.2 Å². The lowest BCUT2D eigenvalue weighted by Gasteiger charge is -2.31. The van der Waals surface area contributed by atoms with E-state index in [2.05, 4.69) is 5.32 Å². The Morgan fingerprint density at radius 3 is 2.61 bits per heavy atom. The Bertz CT molecular complexity index is 1040. The first kappa shape index (κ1) is 21.5. The quantitative estimate of drug-likeness (QED) is 0.733. The molecule has 0 aliphatic carbocycles. The van der Waals surface area contributed by atoms with Crippen molar-refractivity contribution in [3.05, 3.63) is 42.5 Å². The second kappa shape index (κ2) is 9.15. The second-order valence-electron chi connectivity index (χ2n) is 7.45. The molecule has 0 bridgehead atoms. The predicted molar refractivity (Wildman–Crippen MR) is 115 cm³/mol. The molecular weight excluding hydrogens is 420 g/mol. The molecule has 2 heterocycles. The van der Waals surface area contributed by atoms with E-state index in [0.717, 1.165) is 0 Å². The molecule has 1 atom stereocenters. The third-order valence-corrected chi connectivity index (χ3v) is 7.22. The molecule has 1 saturated heterocycles. The molecule has 0 unspecified atom stereocenters. The van der Waals surface area contributed by atoms with Crippen molar-refractivity contribution in [2.75, 3.05) is 38.2 Å². The van der Waals surface area contributed by atoms with Crippen LogP contribution in [0.15, 0.2) is 47.4 Å². The maximum absolute atomic E-state index is 13.1.